The van der Waals surface area contributed by atoms with Gasteiger partial charge >= 0.3 is 5.69 Å². The molecule has 7 heteroatoms. The van der Waals surface area contributed by atoms with Gasteiger partial charge in [-0.1, -0.05) is 6.92 Å². The molecule has 1 saturated heterocycles. The zero-order valence-electron chi connectivity index (χ0n) is 10.9. The van der Waals surface area contributed by atoms with Crippen molar-refractivity contribution in [2.45, 2.75) is 32.6 Å². The van der Waals surface area contributed by atoms with Crippen LogP contribution in [-0.4, -0.2) is 39.1 Å². The van der Waals surface area contributed by atoms with Gasteiger partial charge in [0.2, 0.25) is 0 Å². The molecule has 1 aromatic rings. The van der Waals surface area contributed by atoms with Crippen molar-refractivity contribution in [1.29, 1.82) is 0 Å². The highest BCUT2D eigenvalue weighted by Crippen LogP contribution is 2.42. The zero-order valence-corrected chi connectivity index (χ0v) is 10.9. The highest BCUT2D eigenvalue weighted by atomic mass is 16.5. The second-order valence-electron chi connectivity index (χ2n) is 5.23. The molecule has 2 heterocycles. The van der Waals surface area contributed by atoms with Crippen molar-refractivity contribution in [3.63, 3.8) is 0 Å². The number of nitrogens with zero attached hydrogens (tertiary/aromatic N) is 1. The number of ether oxygens (including phenoxy) is 1. The lowest BCUT2D eigenvalue weighted by molar-refractivity contribution is -0.0547. The van der Waals surface area contributed by atoms with Crippen LogP contribution in [0.1, 0.15) is 25.3 Å². The summed E-state index contributed by atoms with van der Waals surface area (Å²) in [6, 6.07) is 1.31. The number of H-pyrrole nitrogens is 1. The van der Waals surface area contributed by atoms with Gasteiger partial charge in [-0.2, -0.15) is 0 Å². The Balaban J connectivity index is 2.41. The first-order chi connectivity index (χ1) is 8.91. The van der Waals surface area contributed by atoms with Crippen molar-refractivity contribution in [3.8, 4) is 0 Å². The lowest BCUT2D eigenvalue weighted by atomic mass is 9.84. The van der Waals surface area contributed by atoms with Gasteiger partial charge in [-0.3, -0.25) is 14.3 Å². The summed E-state index contributed by atoms with van der Waals surface area (Å²) in [6.45, 7) is 3.05. The summed E-state index contributed by atoms with van der Waals surface area (Å²) >= 11 is 0. The number of hydrogen-bond acceptors (Lipinski definition) is 5. The Labute approximate surface area is 109 Å². The molecule has 0 bridgehead atoms. The van der Waals surface area contributed by atoms with E-state index in [1.807, 2.05) is 0 Å². The van der Waals surface area contributed by atoms with Gasteiger partial charge in [0.05, 0.1) is 19.3 Å². The number of aromatic nitrogens is 2. The third kappa shape index (κ3) is 2.36. The highest BCUT2D eigenvalue weighted by Gasteiger charge is 2.45. The number of aliphatic hydroxyl groups is 2. The minimum atomic E-state index is -0.610. The average molecular weight is 270 g/mol. The van der Waals surface area contributed by atoms with E-state index in [0.717, 1.165) is 0 Å². The van der Waals surface area contributed by atoms with Crippen molar-refractivity contribution in [2.75, 3.05) is 13.2 Å². The number of aromatic amines is 1. The molecule has 1 aromatic heterocycles. The summed E-state index contributed by atoms with van der Waals surface area (Å²) in [4.78, 5) is 25.2. The summed E-state index contributed by atoms with van der Waals surface area (Å²) in [5.74, 6) is 0. The topological polar surface area (TPSA) is 105 Å². The smallest absolute Gasteiger partial charge is 0.330 e. The summed E-state index contributed by atoms with van der Waals surface area (Å²) < 4.78 is 6.97. The molecule has 0 aromatic carbocycles. The van der Waals surface area contributed by atoms with Crippen molar-refractivity contribution in [2.24, 2.45) is 5.41 Å². The van der Waals surface area contributed by atoms with Crippen LogP contribution in [0.4, 0.5) is 0 Å². The predicted molar refractivity (Wildman–Crippen MR) is 66.9 cm³/mol. The Bertz CT molecular complexity index is 578. The van der Waals surface area contributed by atoms with Crippen LogP contribution in [0.2, 0.25) is 0 Å². The predicted octanol–water partition coefficient (Wildman–Crippen LogP) is -0.877. The summed E-state index contributed by atoms with van der Waals surface area (Å²) in [5.41, 5.74) is -1.13. The molecule has 19 heavy (non-hydrogen) atoms. The molecule has 3 atom stereocenters. The van der Waals surface area contributed by atoms with Crippen LogP contribution in [-0.2, 0) is 4.74 Å². The Morgan fingerprint density at radius 2 is 2.21 bits per heavy atom. The molecule has 2 rings (SSSR count). The van der Waals surface area contributed by atoms with E-state index in [0.29, 0.717) is 12.1 Å². The van der Waals surface area contributed by atoms with E-state index in [-0.39, 0.29) is 13.2 Å². The number of aryl methyl sites for hydroxylation is 1. The van der Waals surface area contributed by atoms with Crippen molar-refractivity contribution in [1.82, 2.24) is 9.55 Å². The van der Waals surface area contributed by atoms with E-state index in [1.54, 1.807) is 13.8 Å². The van der Waals surface area contributed by atoms with Gasteiger partial charge in [0.1, 0.15) is 6.23 Å². The maximum absolute atomic E-state index is 11.8. The lowest BCUT2D eigenvalue weighted by Gasteiger charge is -2.25. The summed E-state index contributed by atoms with van der Waals surface area (Å²) in [7, 11) is 0. The SMILES string of the molecule is Cc1cc(=O)[nH]c(=O)n1C1CC(C)(CO)C(CO)O1. The van der Waals surface area contributed by atoms with Crippen LogP contribution < -0.4 is 11.2 Å². The van der Waals surface area contributed by atoms with E-state index in [1.165, 1.54) is 10.6 Å². The van der Waals surface area contributed by atoms with Crippen molar-refractivity contribution >= 4 is 0 Å². The molecule has 3 N–H and O–H groups in total. The molecule has 1 aliphatic heterocycles. The fourth-order valence-electron chi connectivity index (χ4n) is 2.49. The first-order valence-electron chi connectivity index (χ1n) is 6.11. The van der Waals surface area contributed by atoms with Crippen LogP contribution in [0.3, 0.4) is 0 Å². The molecule has 0 amide bonds. The van der Waals surface area contributed by atoms with Gasteiger partial charge < -0.3 is 14.9 Å². The molecular formula is C12H18N2O5. The molecule has 1 fully saturated rings. The van der Waals surface area contributed by atoms with Gasteiger partial charge in [-0.05, 0) is 6.92 Å². The lowest BCUT2D eigenvalue weighted by Crippen LogP contribution is -2.34. The Hall–Kier alpha value is -1.44. The summed E-state index contributed by atoms with van der Waals surface area (Å²) in [6.07, 6.45) is -0.749. The fourth-order valence-corrected chi connectivity index (χ4v) is 2.49. The minimum absolute atomic E-state index is 0.147. The quantitative estimate of drug-likeness (QED) is 0.662. The first kappa shape index (κ1) is 14.0. The maximum Gasteiger partial charge on any atom is 0.330 e. The van der Waals surface area contributed by atoms with Gasteiger partial charge in [0.25, 0.3) is 5.56 Å². The third-order valence-corrected chi connectivity index (χ3v) is 3.72. The Morgan fingerprint density at radius 1 is 1.53 bits per heavy atom. The molecule has 1 aliphatic rings. The molecule has 3 unspecified atom stereocenters. The van der Waals surface area contributed by atoms with Crippen LogP contribution in [0.15, 0.2) is 15.7 Å². The van der Waals surface area contributed by atoms with Crippen LogP contribution in [0.25, 0.3) is 0 Å². The Morgan fingerprint density at radius 3 is 2.68 bits per heavy atom. The molecule has 0 radical (unpaired) electrons. The molecule has 7 nitrogen and oxygen atoms in total. The first-order valence-corrected chi connectivity index (χ1v) is 6.11. The second-order valence-corrected chi connectivity index (χ2v) is 5.23. The van der Waals surface area contributed by atoms with Gasteiger partial charge in [-0.15, -0.1) is 0 Å². The van der Waals surface area contributed by atoms with Crippen molar-refractivity contribution < 1.29 is 14.9 Å². The van der Waals surface area contributed by atoms with E-state index in [9.17, 15) is 19.8 Å². The molecular weight excluding hydrogens is 252 g/mol. The second kappa shape index (κ2) is 4.92. The molecule has 0 spiro atoms. The van der Waals surface area contributed by atoms with Crippen LogP contribution in [0.5, 0.6) is 0 Å². The average Bonchev–Trinajstić information content (AvgIpc) is 2.66. The van der Waals surface area contributed by atoms with Gasteiger partial charge in [0.15, 0.2) is 0 Å². The third-order valence-electron chi connectivity index (χ3n) is 3.72. The van der Waals surface area contributed by atoms with E-state index in [2.05, 4.69) is 4.98 Å². The maximum atomic E-state index is 11.8. The van der Waals surface area contributed by atoms with Gasteiger partial charge in [-0.25, -0.2) is 4.79 Å². The van der Waals surface area contributed by atoms with Crippen LogP contribution in [0, 0.1) is 12.3 Å². The molecule has 0 saturated carbocycles. The standard InChI is InChI=1S/C12H18N2O5/c1-7-3-9(17)13-11(18)14(7)10-4-12(2,6-16)8(5-15)19-10/h3,8,10,15-16H,4-6H2,1-2H3,(H,13,17,18). The molecule has 106 valence electrons. The van der Waals surface area contributed by atoms with Gasteiger partial charge in [0, 0.05) is 23.6 Å². The Kier molecular flexibility index (Phi) is 3.62. The number of hydrogen-bond donors (Lipinski definition) is 3. The van der Waals surface area contributed by atoms with Crippen LogP contribution >= 0.6 is 0 Å². The van der Waals surface area contributed by atoms with E-state index >= 15 is 0 Å². The zero-order chi connectivity index (χ0) is 14.2. The highest BCUT2D eigenvalue weighted by molar-refractivity contribution is 5.02. The van der Waals surface area contributed by atoms with E-state index in [4.69, 9.17) is 4.74 Å². The number of aliphatic hydroxyl groups excluding tert-OH is 2. The largest absolute Gasteiger partial charge is 0.396 e. The van der Waals surface area contributed by atoms with Crippen molar-refractivity contribution in [3.05, 3.63) is 32.6 Å². The van der Waals surface area contributed by atoms with E-state index < -0.39 is 29.0 Å². The normalized spacial score (nSPS) is 30.7. The number of rotatable bonds is 3. The monoisotopic (exact) mass is 270 g/mol. The number of nitrogens with one attached hydrogen (secondary N) is 1. The molecule has 0 aliphatic carbocycles. The minimum Gasteiger partial charge on any atom is -0.396 e. The fraction of sp³-hybridized carbons (Fsp3) is 0.667. The summed E-state index contributed by atoms with van der Waals surface area (Å²) in [5, 5.41) is 18.7.